The van der Waals surface area contributed by atoms with Gasteiger partial charge in [-0.1, -0.05) is 47.5 Å². The second-order valence-corrected chi connectivity index (χ2v) is 10.8. The van der Waals surface area contributed by atoms with Gasteiger partial charge in [0.15, 0.2) is 0 Å². The molecule has 32 heavy (non-hydrogen) atoms. The van der Waals surface area contributed by atoms with Crippen LogP contribution < -0.4 is 5.32 Å². The molecule has 1 amide bonds. The van der Waals surface area contributed by atoms with Crippen LogP contribution in [-0.4, -0.2) is 44.9 Å². The van der Waals surface area contributed by atoms with Crippen molar-refractivity contribution in [1.82, 2.24) is 9.62 Å². The van der Waals surface area contributed by atoms with Crippen LogP contribution in [0.2, 0.25) is 5.02 Å². The van der Waals surface area contributed by atoms with E-state index in [4.69, 9.17) is 16.3 Å². The van der Waals surface area contributed by atoms with Gasteiger partial charge in [0, 0.05) is 23.5 Å². The van der Waals surface area contributed by atoms with Gasteiger partial charge in [-0.25, -0.2) is 8.42 Å². The van der Waals surface area contributed by atoms with Crippen LogP contribution in [-0.2, 0) is 14.8 Å². The number of ether oxygens (including phenoxy) is 1. The van der Waals surface area contributed by atoms with Gasteiger partial charge in [0.1, 0.15) is 4.90 Å². The van der Waals surface area contributed by atoms with Crippen molar-refractivity contribution in [2.45, 2.75) is 17.9 Å². The van der Waals surface area contributed by atoms with E-state index in [1.165, 1.54) is 22.5 Å². The van der Waals surface area contributed by atoms with Crippen molar-refractivity contribution in [2.24, 2.45) is 0 Å². The standard InChI is InChI=1S/C23H23ClN2O4S2/c1-16-4-6-17(7-5-16)22(20-3-2-14-31-20)25-23(27)18-8-9-19(24)21(15-18)32(28,29)26-10-12-30-13-11-26/h2-9,14-15,22H,10-13H2,1H3,(H,25,27). The van der Waals surface area contributed by atoms with E-state index in [9.17, 15) is 13.2 Å². The summed E-state index contributed by atoms with van der Waals surface area (Å²) >= 11 is 7.78. The highest BCUT2D eigenvalue weighted by Crippen LogP contribution is 2.29. The topological polar surface area (TPSA) is 75.7 Å². The van der Waals surface area contributed by atoms with E-state index in [-0.39, 0.29) is 40.5 Å². The first kappa shape index (κ1) is 22.9. The van der Waals surface area contributed by atoms with Crippen molar-refractivity contribution in [3.05, 3.63) is 86.6 Å². The second-order valence-electron chi connectivity index (χ2n) is 7.49. The summed E-state index contributed by atoms with van der Waals surface area (Å²) in [5.74, 6) is -0.376. The summed E-state index contributed by atoms with van der Waals surface area (Å²) in [4.78, 5) is 14.1. The summed E-state index contributed by atoms with van der Waals surface area (Å²) in [5.41, 5.74) is 2.30. The smallest absolute Gasteiger partial charge is 0.252 e. The number of rotatable bonds is 6. The number of benzene rings is 2. The predicted molar refractivity (Wildman–Crippen MR) is 126 cm³/mol. The van der Waals surface area contributed by atoms with Gasteiger partial charge in [-0.2, -0.15) is 4.31 Å². The third-order valence-corrected chi connectivity index (χ3v) is 8.61. The Bertz CT molecular complexity index is 1190. The van der Waals surface area contributed by atoms with Crippen LogP contribution in [0, 0.1) is 6.92 Å². The van der Waals surface area contributed by atoms with Gasteiger partial charge < -0.3 is 10.1 Å². The van der Waals surface area contributed by atoms with Crippen LogP contribution in [0.4, 0.5) is 0 Å². The molecule has 1 saturated heterocycles. The molecule has 2 heterocycles. The molecule has 0 radical (unpaired) electrons. The molecule has 9 heteroatoms. The van der Waals surface area contributed by atoms with Crippen LogP contribution >= 0.6 is 22.9 Å². The van der Waals surface area contributed by atoms with Crippen LogP contribution in [0.15, 0.2) is 64.9 Å². The molecule has 1 N–H and O–H groups in total. The summed E-state index contributed by atoms with van der Waals surface area (Å²) in [6.07, 6.45) is 0. The third kappa shape index (κ3) is 4.89. The van der Waals surface area contributed by atoms with Crippen LogP contribution in [0.3, 0.4) is 0 Å². The van der Waals surface area contributed by atoms with Gasteiger partial charge in [0.05, 0.1) is 24.3 Å². The van der Waals surface area contributed by atoms with Gasteiger partial charge in [-0.05, 0) is 42.1 Å². The number of morpholine rings is 1. The largest absolute Gasteiger partial charge is 0.379 e. The van der Waals surface area contributed by atoms with Crippen molar-refractivity contribution in [3.8, 4) is 0 Å². The average Bonchev–Trinajstić information content (AvgIpc) is 3.33. The lowest BCUT2D eigenvalue weighted by molar-refractivity contribution is 0.0730. The average molecular weight is 491 g/mol. The molecule has 1 atom stereocenters. The highest BCUT2D eigenvalue weighted by Gasteiger charge is 2.29. The summed E-state index contributed by atoms with van der Waals surface area (Å²) in [6, 6.07) is 15.9. The van der Waals surface area contributed by atoms with E-state index in [1.807, 2.05) is 48.7 Å². The number of hydrogen-bond acceptors (Lipinski definition) is 5. The first-order chi connectivity index (χ1) is 15.4. The number of carbonyl (C=O) groups is 1. The van der Waals surface area contributed by atoms with E-state index >= 15 is 0 Å². The Morgan fingerprint density at radius 1 is 1.12 bits per heavy atom. The van der Waals surface area contributed by atoms with Gasteiger partial charge >= 0.3 is 0 Å². The lowest BCUT2D eigenvalue weighted by Crippen LogP contribution is -2.40. The number of nitrogens with zero attached hydrogens (tertiary/aromatic N) is 1. The van der Waals surface area contributed by atoms with Crippen molar-refractivity contribution >= 4 is 38.9 Å². The summed E-state index contributed by atoms with van der Waals surface area (Å²) < 4.78 is 32.8. The minimum absolute atomic E-state index is 0.0725. The fourth-order valence-corrected chi connectivity index (χ4v) is 6.23. The molecule has 4 rings (SSSR count). The van der Waals surface area contributed by atoms with E-state index in [1.54, 1.807) is 11.3 Å². The maximum atomic E-state index is 13.2. The Morgan fingerprint density at radius 3 is 2.50 bits per heavy atom. The van der Waals surface area contributed by atoms with Crippen molar-refractivity contribution in [3.63, 3.8) is 0 Å². The van der Waals surface area contributed by atoms with Gasteiger partial charge in [-0.15, -0.1) is 11.3 Å². The maximum Gasteiger partial charge on any atom is 0.252 e. The van der Waals surface area contributed by atoms with E-state index in [0.29, 0.717) is 13.2 Å². The number of halogens is 1. The molecule has 0 bridgehead atoms. The van der Waals surface area contributed by atoms with Crippen LogP contribution in [0.5, 0.6) is 0 Å². The number of nitrogens with one attached hydrogen (secondary N) is 1. The number of aryl methyl sites for hydroxylation is 1. The lowest BCUT2D eigenvalue weighted by atomic mass is 10.0. The molecular formula is C23H23ClN2O4S2. The molecular weight excluding hydrogens is 468 g/mol. The maximum absolute atomic E-state index is 13.2. The fraction of sp³-hybridized carbons (Fsp3) is 0.261. The Kier molecular flexibility index (Phi) is 6.97. The number of sulfonamides is 1. The zero-order chi connectivity index (χ0) is 22.7. The molecule has 0 aliphatic carbocycles. The summed E-state index contributed by atoms with van der Waals surface area (Å²) in [6.45, 7) is 3.17. The third-order valence-electron chi connectivity index (χ3n) is 5.30. The summed E-state index contributed by atoms with van der Waals surface area (Å²) in [7, 11) is -3.83. The molecule has 6 nitrogen and oxygen atoms in total. The monoisotopic (exact) mass is 490 g/mol. The van der Waals surface area contributed by atoms with Gasteiger partial charge in [-0.3, -0.25) is 4.79 Å². The zero-order valence-corrected chi connectivity index (χ0v) is 19.8. The SMILES string of the molecule is Cc1ccc(C(NC(=O)c2ccc(Cl)c(S(=O)(=O)N3CCOCC3)c2)c2cccs2)cc1. The van der Waals surface area contributed by atoms with E-state index < -0.39 is 10.0 Å². The van der Waals surface area contributed by atoms with Crippen LogP contribution in [0.1, 0.15) is 32.4 Å². The Morgan fingerprint density at radius 2 is 1.84 bits per heavy atom. The Balaban J connectivity index is 1.63. The predicted octanol–water partition coefficient (Wildman–Crippen LogP) is 4.25. The molecule has 2 aromatic carbocycles. The fourth-order valence-electron chi connectivity index (χ4n) is 3.52. The van der Waals surface area contributed by atoms with E-state index in [0.717, 1.165) is 16.0 Å². The lowest BCUT2D eigenvalue weighted by Gasteiger charge is -2.26. The van der Waals surface area contributed by atoms with Gasteiger partial charge in [0.2, 0.25) is 10.0 Å². The molecule has 1 fully saturated rings. The molecule has 168 valence electrons. The van der Waals surface area contributed by atoms with Gasteiger partial charge in [0.25, 0.3) is 5.91 Å². The molecule has 1 unspecified atom stereocenters. The van der Waals surface area contributed by atoms with Crippen molar-refractivity contribution in [2.75, 3.05) is 26.3 Å². The van der Waals surface area contributed by atoms with E-state index in [2.05, 4.69) is 5.32 Å². The first-order valence-electron chi connectivity index (χ1n) is 10.1. The minimum Gasteiger partial charge on any atom is -0.379 e. The molecule has 1 aliphatic rings. The second kappa shape index (κ2) is 9.72. The molecule has 1 aliphatic heterocycles. The number of hydrogen-bond donors (Lipinski definition) is 1. The number of thiophene rings is 1. The molecule has 3 aromatic rings. The van der Waals surface area contributed by atoms with Crippen LogP contribution in [0.25, 0.3) is 0 Å². The first-order valence-corrected chi connectivity index (χ1v) is 12.8. The minimum atomic E-state index is -3.83. The molecule has 0 saturated carbocycles. The highest BCUT2D eigenvalue weighted by atomic mass is 35.5. The van der Waals surface area contributed by atoms with Crippen molar-refractivity contribution in [1.29, 1.82) is 0 Å². The summed E-state index contributed by atoms with van der Waals surface area (Å²) in [5, 5.41) is 5.09. The number of amides is 1. The Hall–Kier alpha value is -2.23. The molecule has 1 aromatic heterocycles. The number of carbonyl (C=O) groups excluding carboxylic acids is 1. The quantitative estimate of drug-likeness (QED) is 0.560. The molecule has 0 spiro atoms. The van der Waals surface area contributed by atoms with Crippen molar-refractivity contribution < 1.29 is 17.9 Å². The normalized spacial score (nSPS) is 15.9. The zero-order valence-electron chi connectivity index (χ0n) is 17.5. The Labute approximate surface area is 196 Å². The highest BCUT2D eigenvalue weighted by molar-refractivity contribution is 7.89.